The predicted molar refractivity (Wildman–Crippen MR) is 63.4 cm³/mol. The van der Waals surface area contributed by atoms with Gasteiger partial charge in [-0.2, -0.15) is 5.26 Å². The Morgan fingerprint density at radius 2 is 2.35 bits per heavy atom. The Morgan fingerprint density at radius 3 is 3.06 bits per heavy atom. The minimum absolute atomic E-state index is 0.238. The van der Waals surface area contributed by atoms with Gasteiger partial charge in [-0.25, -0.2) is 0 Å². The normalized spacial score (nSPS) is 10.1. The number of nitriles is 1. The fraction of sp³-hybridized carbons (Fsp3) is 0.231. The van der Waals surface area contributed by atoms with E-state index in [4.69, 9.17) is 10.00 Å². The number of carbonyl (C=O) groups is 1. The average Bonchev–Trinajstić information content (AvgIpc) is 2.72. The number of esters is 1. The molecule has 2 aromatic rings. The summed E-state index contributed by atoms with van der Waals surface area (Å²) in [5.74, 6) is -0.238. The summed E-state index contributed by atoms with van der Waals surface area (Å²) in [5.41, 5.74) is 2.35. The number of benzene rings is 1. The summed E-state index contributed by atoms with van der Waals surface area (Å²) >= 11 is 0. The maximum absolute atomic E-state index is 11.4. The lowest BCUT2D eigenvalue weighted by molar-refractivity contribution is -0.142. The number of rotatable bonds is 3. The van der Waals surface area contributed by atoms with Crippen molar-refractivity contribution in [1.29, 1.82) is 5.26 Å². The molecule has 0 saturated heterocycles. The Morgan fingerprint density at radius 1 is 1.53 bits per heavy atom. The van der Waals surface area contributed by atoms with Crippen LogP contribution in [0.2, 0.25) is 0 Å². The summed E-state index contributed by atoms with van der Waals surface area (Å²) in [4.78, 5) is 14.4. The number of carbonyl (C=O) groups excluding carboxylic acids is 1. The van der Waals surface area contributed by atoms with E-state index in [0.717, 1.165) is 16.5 Å². The van der Waals surface area contributed by atoms with Crippen LogP contribution >= 0.6 is 0 Å². The molecule has 1 aromatic heterocycles. The fourth-order valence-corrected chi connectivity index (χ4v) is 1.77. The van der Waals surface area contributed by atoms with Gasteiger partial charge in [0.25, 0.3) is 0 Å². The third-order valence-electron chi connectivity index (χ3n) is 2.54. The molecule has 1 N–H and O–H groups in total. The highest BCUT2D eigenvalue weighted by Gasteiger charge is 2.09. The van der Waals surface area contributed by atoms with Crippen molar-refractivity contribution in [1.82, 2.24) is 4.98 Å². The summed E-state index contributed by atoms with van der Waals surface area (Å²) in [6.07, 6.45) is 2.03. The van der Waals surface area contributed by atoms with Crippen LogP contribution in [0, 0.1) is 11.3 Å². The first-order valence-corrected chi connectivity index (χ1v) is 5.40. The zero-order chi connectivity index (χ0) is 12.3. The number of H-pyrrole nitrogens is 1. The van der Waals surface area contributed by atoms with E-state index in [0.29, 0.717) is 12.2 Å². The third-order valence-corrected chi connectivity index (χ3v) is 2.54. The molecule has 0 amide bonds. The summed E-state index contributed by atoms with van der Waals surface area (Å²) in [5, 5.41) is 9.74. The van der Waals surface area contributed by atoms with Crippen LogP contribution in [0.15, 0.2) is 24.4 Å². The molecule has 86 valence electrons. The van der Waals surface area contributed by atoms with Crippen LogP contribution < -0.4 is 0 Å². The van der Waals surface area contributed by atoms with Crippen molar-refractivity contribution in [2.45, 2.75) is 13.3 Å². The number of hydrogen-bond donors (Lipinski definition) is 1. The molecule has 0 saturated carbocycles. The molecule has 0 spiro atoms. The molecule has 0 bridgehead atoms. The topological polar surface area (TPSA) is 65.9 Å². The van der Waals surface area contributed by atoms with Crippen molar-refractivity contribution >= 4 is 16.9 Å². The number of nitrogens with zero attached hydrogens (tertiary/aromatic N) is 1. The summed E-state index contributed by atoms with van der Waals surface area (Å²) in [6.45, 7) is 2.17. The Balaban J connectivity index is 2.31. The molecular formula is C13H12N2O2. The van der Waals surface area contributed by atoms with Gasteiger partial charge >= 0.3 is 5.97 Å². The molecular weight excluding hydrogens is 216 g/mol. The van der Waals surface area contributed by atoms with Crippen LogP contribution in [0.25, 0.3) is 10.9 Å². The van der Waals surface area contributed by atoms with E-state index in [1.54, 1.807) is 25.3 Å². The molecule has 4 heteroatoms. The van der Waals surface area contributed by atoms with Gasteiger partial charge < -0.3 is 9.72 Å². The highest BCUT2D eigenvalue weighted by Crippen LogP contribution is 2.20. The predicted octanol–water partition coefficient (Wildman–Crippen LogP) is 2.15. The van der Waals surface area contributed by atoms with Crippen molar-refractivity contribution in [3.05, 3.63) is 35.5 Å². The molecule has 0 aliphatic carbocycles. The van der Waals surface area contributed by atoms with Gasteiger partial charge in [0, 0.05) is 17.1 Å². The number of ether oxygens (including phenoxy) is 1. The molecule has 4 nitrogen and oxygen atoms in total. The molecule has 2 rings (SSSR count). The van der Waals surface area contributed by atoms with Crippen LogP contribution in [-0.2, 0) is 16.0 Å². The van der Waals surface area contributed by atoms with Crippen LogP contribution in [0.3, 0.4) is 0 Å². The Labute approximate surface area is 98.8 Å². The molecule has 1 aromatic carbocycles. The zero-order valence-electron chi connectivity index (χ0n) is 9.49. The van der Waals surface area contributed by atoms with Crippen LogP contribution in [0.1, 0.15) is 18.1 Å². The van der Waals surface area contributed by atoms with Crippen molar-refractivity contribution in [2.24, 2.45) is 0 Å². The Bertz CT molecular complexity index is 593. The SMILES string of the molecule is CCOC(=O)Cc1c[nH]c2cc(C#N)ccc12. The molecule has 1 heterocycles. The van der Waals surface area contributed by atoms with Crippen LogP contribution in [0.5, 0.6) is 0 Å². The quantitative estimate of drug-likeness (QED) is 0.818. The van der Waals surface area contributed by atoms with Gasteiger partial charge in [0.1, 0.15) is 0 Å². The van der Waals surface area contributed by atoms with Crippen LogP contribution in [0.4, 0.5) is 0 Å². The number of nitrogens with one attached hydrogen (secondary N) is 1. The molecule has 0 radical (unpaired) electrons. The van der Waals surface area contributed by atoms with E-state index in [9.17, 15) is 4.79 Å². The maximum Gasteiger partial charge on any atom is 0.310 e. The maximum atomic E-state index is 11.4. The first-order chi connectivity index (χ1) is 8.24. The number of hydrogen-bond acceptors (Lipinski definition) is 3. The molecule has 0 unspecified atom stereocenters. The van der Waals surface area contributed by atoms with Crippen molar-refractivity contribution in [2.75, 3.05) is 6.61 Å². The summed E-state index contributed by atoms with van der Waals surface area (Å²) in [7, 11) is 0. The molecule has 0 aliphatic heterocycles. The van der Waals surface area contributed by atoms with Gasteiger partial charge in [-0.15, -0.1) is 0 Å². The zero-order valence-corrected chi connectivity index (χ0v) is 9.49. The van der Waals surface area contributed by atoms with Gasteiger partial charge in [-0.05, 0) is 24.6 Å². The second-order valence-electron chi connectivity index (χ2n) is 3.67. The Hall–Kier alpha value is -2.28. The average molecular weight is 228 g/mol. The largest absolute Gasteiger partial charge is 0.466 e. The van der Waals surface area contributed by atoms with Crippen molar-refractivity contribution in [3.8, 4) is 6.07 Å². The van der Waals surface area contributed by atoms with Gasteiger partial charge in [0.05, 0.1) is 24.7 Å². The number of fused-ring (bicyclic) bond motifs is 1. The monoisotopic (exact) mass is 228 g/mol. The standard InChI is InChI=1S/C13H12N2O2/c1-2-17-13(16)6-10-8-15-12-5-9(7-14)3-4-11(10)12/h3-5,8,15H,2,6H2,1H3. The highest BCUT2D eigenvalue weighted by molar-refractivity contribution is 5.88. The van der Waals surface area contributed by atoms with Crippen molar-refractivity contribution < 1.29 is 9.53 Å². The molecule has 0 aliphatic rings. The molecule has 0 atom stereocenters. The van der Waals surface area contributed by atoms with E-state index in [2.05, 4.69) is 11.1 Å². The lowest BCUT2D eigenvalue weighted by Crippen LogP contribution is -2.06. The van der Waals surface area contributed by atoms with E-state index >= 15 is 0 Å². The first-order valence-electron chi connectivity index (χ1n) is 5.40. The number of aromatic nitrogens is 1. The molecule has 17 heavy (non-hydrogen) atoms. The van der Waals surface area contributed by atoms with Gasteiger partial charge in [0.15, 0.2) is 0 Å². The van der Waals surface area contributed by atoms with Gasteiger partial charge in [-0.1, -0.05) is 6.07 Å². The van der Waals surface area contributed by atoms with E-state index in [-0.39, 0.29) is 12.4 Å². The highest BCUT2D eigenvalue weighted by atomic mass is 16.5. The third kappa shape index (κ3) is 2.28. The van der Waals surface area contributed by atoms with Gasteiger partial charge in [0.2, 0.25) is 0 Å². The second-order valence-corrected chi connectivity index (χ2v) is 3.67. The van der Waals surface area contributed by atoms with E-state index in [1.165, 1.54) is 0 Å². The van der Waals surface area contributed by atoms with Gasteiger partial charge in [-0.3, -0.25) is 4.79 Å². The second kappa shape index (κ2) is 4.71. The lowest BCUT2D eigenvalue weighted by Gasteiger charge is -2.00. The van der Waals surface area contributed by atoms with Crippen molar-refractivity contribution in [3.63, 3.8) is 0 Å². The minimum Gasteiger partial charge on any atom is -0.466 e. The fourth-order valence-electron chi connectivity index (χ4n) is 1.77. The minimum atomic E-state index is -0.238. The number of aromatic amines is 1. The molecule has 0 fully saturated rings. The lowest BCUT2D eigenvalue weighted by atomic mass is 10.1. The summed E-state index contributed by atoms with van der Waals surface area (Å²) in [6, 6.07) is 7.43. The summed E-state index contributed by atoms with van der Waals surface area (Å²) < 4.78 is 4.90. The van der Waals surface area contributed by atoms with E-state index in [1.807, 2.05) is 6.07 Å². The smallest absolute Gasteiger partial charge is 0.310 e. The van der Waals surface area contributed by atoms with E-state index < -0.39 is 0 Å². The first kappa shape index (κ1) is 11.2. The Kier molecular flexibility index (Phi) is 3.10. The van der Waals surface area contributed by atoms with Crippen LogP contribution in [-0.4, -0.2) is 17.6 Å².